The molecule has 0 bridgehead atoms. The minimum atomic E-state index is 0.0705. The summed E-state index contributed by atoms with van der Waals surface area (Å²) in [4.78, 5) is 0. The number of nitrogens with one attached hydrogen (secondary N) is 1. The Bertz CT molecular complexity index is 373. The van der Waals surface area contributed by atoms with E-state index in [1.807, 2.05) is 12.1 Å². The van der Waals surface area contributed by atoms with Gasteiger partial charge in [0.15, 0.2) is 0 Å². The van der Waals surface area contributed by atoms with Gasteiger partial charge in [-0.25, -0.2) is 0 Å². The molecule has 1 fully saturated rings. The van der Waals surface area contributed by atoms with E-state index in [1.54, 1.807) is 7.11 Å². The molecule has 1 atom stereocenters. The Morgan fingerprint density at radius 3 is 2.50 bits per heavy atom. The minimum absolute atomic E-state index is 0.0705. The molecule has 3 N–H and O–H groups in total. The number of rotatable bonds is 7. The number of hydrogen-bond acceptors (Lipinski definition) is 3. The van der Waals surface area contributed by atoms with Gasteiger partial charge in [-0.3, -0.25) is 0 Å². The molecule has 18 heavy (non-hydrogen) atoms. The standard InChI is InChI=1S/C15H24N2O/c1-15(11-16,17-13-5-6-13)10-9-12-3-7-14(18-2)8-4-12/h3-4,7-8,13,17H,5-6,9-11,16H2,1-2H3. The molecular formula is C15H24N2O. The fourth-order valence-corrected chi connectivity index (χ4v) is 2.17. The van der Waals surface area contributed by atoms with Crippen LogP contribution >= 0.6 is 0 Å². The summed E-state index contributed by atoms with van der Waals surface area (Å²) in [7, 11) is 1.69. The Labute approximate surface area is 110 Å². The van der Waals surface area contributed by atoms with Crippen LogP contribution in [0.5, 0.6) is 5.75 Å². The van der Waals surface area contributed by atoms with Gasteiger partial charge in [-0.05, 0) is 50.3 Å². The van der Waals surface area contributed by atoms with E-state index in [1.165, 1.54) is 18.4 Å². The van der Waals surface area contributed by atoms with E-state index in [9.17, 15) is 0 Å². The van der Waals surface area contributed by atoms with E-state index in [2.05, 4.69) is 24.4 Å². The van der Waals surface area contributed by atoms with Crippen LogP contribution in [0.1, 0.15) is 31.7 Å². The zero-order chi connectivity index (χ0) is 13.0. The second kappa shape index (κ2) is 5.72. The predicted molar refractivity (Wildman–Crippen MR) is 74.9 cm³/mol. The fraction of sp³-hybridized carbons (Fsp3) is 0.600. The van der Waals surface area contributed by atoms with Gasteiger partial charge >= 0.3 is 0 Å². The first-order chi connectivity index (χ1) is 8.65. The Hall–Kier alpha value is -1.06. The summed E-state index contributed by atoms with van der Waals surface area (Å²) in [5, 5.41) is 3.66. The normalized spacial score (nSPS) is 18.4. The second-order valence-corrected chi connectivity index (χ2v) is 5.53. The van der Waals surface area contributed by atoms with Crippen molar-refractivity contribution in [2.24, 2.45) is 5.73 Å². The van der Waals surface area contributed by atoms with Crippen molar-refractivity contribution in [2.45, 2.75) is 44.2 Å². The molecule has 1 unspecified atom stereocenters. The topological polar surface area (TPSA) is 47.3 Å². The molecule has 100 valence electrons. The van der Waals surface area contributed by atoms with Crippen molar-refractivity contribution in [2.75, 3.05) is 13.7 Å². The van der Waals surface area contributed by atoms with Gasteiger partial charge in [-0.1, -0.05) is 12.1 Å². The van der Waals surface area contributed by atoms with Gasteiger partial charge in [0, 0.05) is 18.1 Å². The SMILES string of the molecule is COc1ccc(CCC(C)(CN)NC2CC2)cc1. The van der Waals surface area contributed by atoms with Crippen LogP contribution in [0.2, 0.25) is 0 Å². The zero-order valence-corrected chi connectivity index (χ0v) is 11.4. The number of aryl methyl sites for hydroxylation is 1. The highest BCUT2D eigenvalue weighted by molar-refractivity contribution is 5.27. The molecule has 0 aromatic heterocycles. The summed E-state index contributed by atoms with van der Waals surface area (Å²) in [5.41, 5.74) is 7.32. The van der Waals surface area contributed by atoms with E-state index < -0.39 is 0 Å². The second-order valence-electron chi connectivity index (χ2n) is 5.53. The maximum absolute atomic E-state index is 5.91. The lowest BCUT2D eigenvalue weighted by molar-refractivity contribution is 0.336. The van der Waals surface area contributed by atoms with E-state index in [-0.39, 0.29) is 5.54 Å². The van der Waals surface area contributed by atoms with Crippen molar-refractivity contribution in [3.8, 4) is 5.75 Å². The van der Waals surface area contributed by atoms with Gasteiger partial charge in [0.25, 0.3) is 0 Å². The predicted octanol–water partition coefficient (Wildman–Crippen LogP) is 2.10. The van der Waals surface area contributed by atoms with Crippen molar-refractivity contribution in [3.63, 3.8) is 0 Å². The molecule has 3 heteroatoms. The van der Waals surface area contributed by atoms with Gasteiger partial charge in [0.1, 0.15) is 5.75 Å². The number of nitrogens with two attached hydrogens (primary N) is 1. The number of ether oxygens (including phenoxy) is 1. The van der Waals surface area contributed by atoms with Crippen LogP contribution in [0, 0.1) is 0 Å². The van der Waals surface area contributed by atoms with E-state index >= 15 is 0 Å². The van der Waals surface area contributed by atoms with Crippen LogP contribution in [-0.2, 0) is 6.42 Å². The Morgan fingerprint density at radius 1 is 1.33 bits per heavy atom. The molecule has 0 amide bonds. The zero-order valence-electron chi connectivity index (χ0n) is 11.4. The first kappa shape index (κ1) is 13.4. The third kappa shape index (κ3) is 3.72. The van der Waals surface area contributed by atoms with Crippen molar-refractivity contribution < 1.29 is 4.74 Å². The maximum atomic E-state index is 5.91. The smallest absolute Gasteiger partial charge is 0.118 e. The molecule has 1 aliphatic rings. The first-order valence-electron chi connectivity index (χ1n) is 6.76. The third-order valence-electron chi connectivity index (χ3n) is 3.70. The highest BCUT2D eigenvalue weighted by Crippen LogP contribution is 2.24. The minimum Gasteiger partial charge on any atom is -0.497 e. The maximum Gasteiger partial charge on any atom is 0.118 e. The van der Waals surface area contributed by atoms with Crippen LogP contribution in [0.3, 0.4) is 0 Å². The largest absolute Gasteiger partial charge is 0.497 e. The van der Waals surface area contributed by atoms with Crippen LogP contribution in [-0.4, -0.2) is 25.2 Å². The van der Waals surface area contributed by atoms with E-state index in [4.69, 9.17) is 10.5 Å². The summed E-state index contributed by atoms with van der Waals surface area (Å²) in [6.07, 6.45) is 4.74. The van der Waals surface area contributed by atoms with Crippen LogP contribution < -0.4 is 15.8 Å². The third-order valence-corrected chi connectivity index (χ3v) is 3.70. The quantitative estimate of drug-likeness (QED) is 0.777. The lowest BCUT2D eigenvalue weighted by atomic mass is 9.93. The summed E-state index contributed by atoms with van der Waals surface area (Å²) in [6.45, 7) is 2.93. The monoisotopic (exact) mass is 248 g/mol. The Kier molecular flexibility index (Phi) is 4.25. The number of methoxy groups -OCH3 is 1. The summed E-state index contributed by atoms with van der Waals surface area (Å²) in [6, 6.07) is 9.00. The Morgan fingerprint density at radius 2 is 2.00 bits per heavy atom. The van der Waals surface area contributed by atoms with Gasteiger partial charge in [-0.2, -0.15) is 0 Å². The highest BCUT2D eigenvalue weighted by atomic mass is 16.5. The van der Waals surface area contributed by atoms with Crippen molar-refractivity contribution in [3.05, 3.63) is 29.8 Å². The molecule has 1 saturated carbocycles. The van der Waals surface area contributed by atoms with E-state index in [0.29, 0.717) is 12.6 Å². The fourth-order valence-electron chi connectivity index (χ4n) is 2.17. The van der Waals surface area contributed by atoms with Crippen LogP contribution in [0.15, 0.2) is 24.3 Å². The number of benzene rings is 1. The van der Waals surface area contributed by atoms with Gasteiger partial charge in [-0.15, -0.1) is 0 Å². The first-order valence-corrected chi connectivity index (χ1v) is 6.76. The average molecular weight is 248 g/mol. The molecule has 1 aliphatic carbocycles. The summed E-state index contributed by atoms with van der Waals surface area (Å²) >= 11 is 0. The van der Waals surface area contributed by atoms with Crippen LogP contribution in [0.25, 0.3) is 0 Å². The molecule has 0 spiro atoms. The summed E-state index contributed by atoms with van der Waals surface area (Å²) in [5.74, 6) is 0.913. The average Bonchev–Trinajstić information content (AvgIpc) is 3.21. The van der Waals surface area contributed by atoms with Gasteiger partial charge in [0.2, 0.25) is 0 Å². The molecular weight excluding hydrogens is 224 g/mol. The molecule has 1 aromatic carbocycles. The summed E-state index contributed by atoms with van der Waals surface area (Å²) < 4.78 is 5.16. The molecule has 0 aliphatic heterocycles. The molecule has 2 rings (SSSR count). The molecule has 0 saturated heterocycles. The van der Waals surface area contributed by atoms with Gasteiger partial charge < -0.3 is 15.8 Å². The van der Waals surface area contributed by atoms with E-state index in [0.717, 1.165) is 18.6 Å². The highest BCUT2D eigenvalue weighted by Gasteiger charge is 2.30. The lowest BCUT2D eigenvalue weighted by Crippen LogP contribution is -2.50. The molecule has 1 aromatic rings. The Balaban J connectivity index is 1.87. The molecule has 0 heterocycles. The van der Waals surface area contributed by atoms with Crippen molar-refractivity contribution >= 4 is 0 Å². The van der Waals surface area contributed by atoms with Crippen molar-refractivity contribution in [1.29, 1.82) is 0 Å². The van der Waals surface area contributed by atoms with Gasteiger partial charge in [0.05, 0.1) is 7.11 Å². The van der Waals surface area contributed by atoms with Crippen LogP contribution in [0.4, 0.5) is 0 Å². The molecule has 3 nitrogen and oxygen atoms in total. The number of hydrogen-bond donors (Lipinski definition) is 2. The van der Waals surface area contributed by atoms with Crippen molar-refractivity contribution in [1.82, 2.24) is 5.32 Å². The lowest BCUT2D eigenvalue weighted by Gasteiger charge is -2.29. The molecule has 0 radical (unpaired) electrons.